The molecule has 17 heavy (non-hydrogen) atoms. The maximum Gasteiger partial charge on any atom is 0.0946 e. The van der Waals surface area contributed by atoms with Gasteiger partial charge < -0.3 is 9.88 Å². The molecule has 3 nitrogen and oxygen atoms in total. The Morgan fingerprint density at radius 2 is 2.06 bits per heavy atom. The first-order chi connectivity index (χ1) is 8.20. The number of likely N-dealkylation sites (N-methyl/N-ethyl adjacent to an activating group) is 1. The van der Waals surface area contributed by atoms with Crippen molar-refractivity contribution >= 4 is 11.6 Å². The fourth-order valence-corrected chi connectivity index (χ4v) is 2.04. The number of halogens is 1. The molecule has 0 aliphatic heterocycles. The van der Waals surface area contributed by atoms with Gasteiger partial charge in [-0.05, 0) is 31.2 Å². The maximum atomic E-state index is 5.88. The Labute approximate surface area is 106 Å². The lowest BCUT2D eigenvalue weighted by Crippen LogP contribution is -2.21. The minimum Gasteiger partial charge on any atom is -0.336 e. The molecule has 1 unspecified atom stereocenters. The number of imidazole rings is 1. The van der Waals surface area contributed by atoms with E-state index < -0.39 is 0 Å². The molecule has 90 valence electrons. The van der Waals surface area contributed by atoms with Gasteiger partial charge in [-0.2, -0.15) is 0 Å². The van der Waals surface area contributed by atoms with Crippen molar-refractivity contribution in [2.75, 3.05) is 7.05 Å². The van der Waals surface area contributed by atoms with Crippen LogP contribution in [0.3, 0.4) is 0 Å². The van der Waals surface area contributed by atoms with E-state index in [0.29, 0.717) is 0 Å². The van der Waals surface area contributed by atoms with Crippen LogP contribution in [0.4, 0.5) is 0 Å². The van der Waals surface area contributed by atoms with Crippen molar-refractivity contribution in [3.8, 4) is 0 Å². The Morgan fingerprint density at radius 1 is 1.35 bits per heavy atom. The van der Waals surface area contributed by atoms with Gasteiger partial charge in [-0.3, -0.25) is 0 Å². The summed E-state index contributed by atoms with van der Waals surface area (Å²) in [4.78, 5) is 4.15. The van der Waals surface area contributed by atoms with E-state index in [1.807, 2.05) is 43.3 Å². The van der Waals surface area contributed by atoms with E-state index >= 15 is 0 Å². The number of rotatable bonds is 4. The standard InChI is InChI=1S/C13H16ClN3/c1-15-12(13-8-16-9-17(13)2)7-10-3-5-11(14)6-4-10/h3-6,8-9,12,15H,7H2,1-2H3. The van der Waals surface area contributed by atoms with Crippen molar-refractivity contribution in [1.82, 2.24) is 14.9 Å². The molecule has 0 saturated carbocycles. The molecular formula is C13H16ClN3. The Kier molecular flexibility index (Phi) is 3.82. The third-order valence-corrected chi connectivity index (χ3v) is 3.16. The SMILES string of the molecule is CNC(Cc1ccc(Cl)cc1)c1cncn1C. The van der Waals surface area contributed by atoms with Gasteiger partial charge in [-0.25, -0.2) is 4.98 Å². The van der Waals surface area contributed by atoms with Crippen LogP contribution >= 0.6 is 11.6 Å². The molecule has 4 heteroatoms. The van der Waals surface area contributed by atoms with Gasteiger partial charge in [-0.1, -0.05) is 23.7 Å². The normalized spacial score (nSPS) is 12.6. The number of hydrogen-bond donors (Lipinski definition) is 1. The topological polar surface area (TPSA) is 29.9 Å². The van der Waals surface area contributed by atoms with Crippen molar-refractivity contribution in [3.63, 3.8) is 0 Å². The average molecular weight is 250 g/mol. The maximum absolute atomic E-state index is 5.88. The van der Waals surface area contributed by atoms with Gasteiger partial charge >= 0.3 is 0 Å². The predicted molar refractivity (Wildman–Crippen MR) is 70.2 cm³/mol. The van der Waals surface area contributed by atoms with E-state index in [-0.39, 0.29) is 6.04 Å². The van der Waals surface area contributed by atoms with Crippen molar-refractivity contribution in [2.24, 2.45) is 7.05 Å². The van der Waals surface area contributed by atoms with Gasteiger partial charge in [-0.15, -0.1) is 0 Å². The van der Waals surface area contributed by atoms with Gasteiger partial charge in [0, 0.05) is 18.3 Å². The first-order valence-electron chi connectivity index (χ1n) is 5.58. The fourth-order valence-electron chi connectivity index (χ4n) is 1.91. The molecule has 1 N–H and O–H groups in total. The van der Waals surface area contributed by atoms with Crippen LogP contribution in [0.25, 0.3) is 0 Å². The van der Waals surface area contributed by atoms with Gasteiger partial charge in [0.2, 0.25) is 0 Å². The molecule has 1 atom stereocenters. The van der Waals surface area contributed by atoms with Crippen LogP contribution in [0, 0.1) is 0 Å². The predicted octanol–water partition coefficient (Wildman–Crippen LogP) is 2.58. The summed E-state index contributed by atoms with van der Waals surface area (Å²) < 4.78 is 2.04. The van der Waals surface area contributed by atoms with E-state index in [2.05, 4.69) is 22.4 Å². The summed E-state index contributed by atoms with van der Waals surface area (Å²) >= 11 is 5.88. The largest absolute Gasteiger partial charge is 0.336 e. The lowest BCUT2D eigenvalue weighted by molar-refractivity contribution is 0.555. The highest BCUT2D eigenvalue weighted by Gasteiger charge is 2.13. The highest BCUT2D eigenvalue weighted by molar-refractivity contribution is 6.30. The van der Waals surface area contributed by atoms with Gasteiger partial charge in [0.05, 0.1) is 18.1 Å². The summed E-state index contributed by atoms with van der Waals surface area (Å²) in [6.45, 7) is 0. The molecule has 0 spiro atoms. The molecule has 0 saturated heterocycles. The Morgan fingerprint density at radius 3 is 2.59 bits per heavy atom. The van der Waals surface area contributed by atoms with Gasteiger partial charge in [0.15, 0.2) is 0 Å². The van der Waals surface area contributed by atoms with Gasteiger partial charge in [0.1, 0.15) is 0 Å². The average Bonchev–Trinajstić information content (AvgIpc) is 2.75. The zero-order valence-electron chi connectivity index (χ0n) is 10.0. The summed E-state index contributed by atoms with van der Waals surface area (Å²) in [5, 5.41) is 4.09. The molecular weight excluding hydrogens is 234 g/mol. The first-order valence-corrected chi connectivity index (χ1v) is 5.96. The van der Waals surface area contributed by atoms with Crippen molar-refractivity contribution in [3.05, 3.63) is 53.1 Å². The number of aromatic nitrogens is 2. The molecule has 0 bridgehead atoms. The molecule has 1 aromatic heterocycles. The van der Waals surface area contributed by atoms with E-state index in [1.54, 1.807) is 0 Å². The molecule has 2 rings (SSSR count). The zero-order chi connectivity index (χ0) is 12.3. The fraction of sp³-hybridized carbons (Fsp3) is 0.308. The van der Waals surface area contributed by atoms with Crippen molar-refractivity contribution in [2.45, 2.75) is 12.5 Å². The smallest absolute Gasteiger partial charge is 0.0946 e. The van der Waals surface area contributed by atoms with Crippen LogP contribution in [-0.2, 0) is 13.5 Å². The van der Waals surface area contributed by atoms with Crippen LogP contribution in [0.1, 0.15) is 17.3 Å². The minimum atomic E-state index is 0.267. The number of benzene rings is 1. The molecule has 0 fully saturated rings. The number of nitrogens with one attached hydrogen (secondary N) is 1. The van der Waals surface area contributed by atoms with Crippen LogP contribution in [0.5, 0.6) is 0 Å². The van der Waals surface area contributed by atoms with Gasteiger partial charge in [0.25, 0.3) is 0 Å². The first kappa shape index (κ1) is 12.1. The summed E-state index contributed by atoms with van der Waals surface area (Å²) in [6, 6.07) is 8.23. The second-order valence-electron chi connectivity index (χ2n) is 4.10. The molecule has 0 aliphatic carbocycles. The number of nitrogens with zero attached hydrogens (tertiary/aromatic N) is 2. The van der Waals surface area contributed by atoms with E-state index in [1.165, 1.54) is 11.3 Å². The van der Waals surface area contributed by atoms with E-state index in [9.17, 15) is 0 Å². The summed E-state index contributed by atoms with van der Waals surface area (Å²) in [6.07, 6.45) is 4.64. The minimum absolute atomic E-state index is 0.267. The van der Waals surface area contributed by atoms with E-state index in [4.69, 9.17) is 11.6 Å². The lowest BCUT2D eigenvalue weighted by atomic mass is 10.0. The highest BCUT2D eigenvalue weighted by atomic mass is 35.5. The molecule has 0 aliphatic rings. The monoisotopic (exact) mass is 249 g/mol. The number of hydrogen-bond acceptors (Lipinski definition) is 2. The van der Waals surface area contributed by atoms with Crippen LogP contribution in [-0.4, -0.2) is 16.6 Å². The zero-order valence-corrected chi connectivity index (χ0v) is 10.8. The molecule has 0 amide bonds. The quantitative estimate of drug-likeness (QED) is 0.903. The molecule has 1 aromatic carbocycles. The van der Waals surface area contributed by atoms with E-state index in [0.717, 1.165) is 11.4 Å². The molecule has 0 radical (unpaired) electrons. The molecule has 2 aromatic rings. The Bertz CT molecular complexity index is 476. The summed E-state index contributed by atoms with van der Waals surface area (Å²) in [5.74, 6) is 0. The van der Waals surface area contributed by atoms with Crippen molar-refractivity contribution in [1.29, 1.82) is 0 Å². The summed E-state index contributed by atoms with van der Waals surface area (Å²) in [7, 11) is 3.97. The second-order valence-corrected chi connectivity index (χ2v) is 4.54. The van der Waals surface area contributed by atoms with Crippen molar-refractivity contribution < 1.29 is 0 Å². The highest BCUT2D eigenvalue weighted by Crippen LogP contribution is 2.18. The third kappa shape index (κ3) is 2.87. The Balaban J connectivity index is 2.16. The second kappa shape index (κ2) is 5.34. The summed E-state index contributed by atoms with van der Waals surface area (Å²) in [5.41, 5.74) is 2.44. The molecule has 1 heterocycles. The number of aryl methyl sites for hydroxylation is 1. The van der Waals surface area contributed by atoms with Crippen LogP contribution in [0.15, 0.2) is 36.8 Å². The van der Waals surface area contributed by atoms with Crippen LogP contribution in [0.2, 0.25) is 5.02 Å². The lowest BCUT2D eigenvalue weighted by Gasteiger charge is -2.16. The van der Waals surface area contributed by atoms with Crippen LogP contribution < -0.4 is 5.32 Å². The third-order valence-electron chi connectivity index (χ3n) is 2.91. The Hall–Kier alpha value is -1.32.